The highest BCUT2D eigenvalue weighted by molar-refractivity contribution is 5.84. The third-order valence-corrected chi connectivity index (χ3v) is 3.33. The standard InChI is InChI=1S/C13H21N5O/c1-10(13(19)18-6-4-3-5-7-18)17-12-8-11(14-2)15-9-16-12/h8-10H,3-7H2,1-2H3,(H2,14,15,16,17). The summed E-state index contributed by atoms with van der Waals surface area (Å²) in [6, 6.07) is 1.53. The number of nitrogens with zero attached hydrogens (tertiary/aromatic N) is 3. The molecule has 0 aliphatic carbocycles. The molecule has 0 saturated carbocycles. The topological polar surface area (TPSA) is 70.2 Å². The molecule has 0 aromatic carbocycles. The highest BCUT2D eigenvalue weighted by Gasteiger charge is 2.22. The molecule has 0 bridgehead atoms. The second-order valence-electron chi connectivity index (χ2n) is 4.79. The first-order valence-corrected chi connectivity index (χ1v) is 6.76. The van der Waals surface area contributed by atoms with Gasteiger partial charge >= 0.3 is 0 Å². The van der Waals surface area contributed by atoms with Gasteiger partial charge in [-0.2, -0.15) is 0 Å². The number of nitrogens with one attached hydrogen (secondary N) is 2. The second kappa shape index (κ2) is 6.36. The molecule has 1 aromatic rings. The summed E-state index contributed by atoms with van der Waals surface area (Å²) in [7, 11) is 1.80. The number of amides is 1. The van der Waals surface area contributed by atoms with E-state index in [-0.39, 0.29) is 11.9 Å². The molecule has 1 fully saturated rings. The Labute approximate surface area is 113 Å². The average Bonchev–Trinajstić information content (AvgIpc) is 2.47. The summed E-state index contributed by atoms with van der Waals surface area (Å²) >= 11 is 0. The molecule has 19 heavy (non-hydrogen) atoms. The van der Waals surface area contributed by atoms with E-state index in [1.165, 1.54) is 12.7 Å². The number of piperidine rings is 1. The zero-order valence-corrected chi connectivity index (χ0v) is 11.5. The Kier molecular flexibility index (Phi) is 4.54. The molecular formula is C13H21N5O. The van der Waals surface area contributed by atoms with Crippen LogP contribution in [0.2, 0.25) is 0 Å². The van der Waals surface area contributed by atoms with Crippen molar-refractivity contribution in [2.45, 2.75) is 32.2 Å². The molecule has 0 spiro atoms. The first-order valence-electron chi connectivity index (χ1n) is 6.76. The molecule has 1 saturated heterocycles. The van der Waals surface area contributed by atoms with Gasteiger partial charge in [0, 0.05) is 26.2 Å². The lowest BCUT2D eigenvalue weighted by Gasteiger charge is -2.29. The minimum Gasteiger partial charge on any atom is -0.373 e. The van der Waals surface area contributed by atoms with Crippen LogP contribution in [-0.4, -0.2) is 47.0 Å². The lowest BCUT2D eigenvalue weighted by Crippen LogP contribution is -2.44. The van der Waals surface area contributed by atoms with Crippen LogP contribution in [0.1, 0.15) is 26.2 Å². The van der Waals surface area contributed by atoms with E-state index in [2.05, 4.69) is 20.6 Å². The molecule has 1 atom stereocenters. The van der Waals surface area contributed by atoms with Crippen LogP contribution in [0, 0.1) is 0 Å². The number of hydrogen-bond donors (Lipinski definition) is 2. The van der Waals surface area contributed by atoms with Gasteiger partial charge in [0.25, 0.3) is 0 Å². The Hall–Kier alpha value is -1.85. The van der Waals surface area contributed by atoms with Crippen LogP contribution in [0.3, 0.4) is 0 Å². The van der Waals surface area contributed by atoms with Crippen LogP contribution < -0.4 is 10.6 Å². The van der Waals surface area contributed by atoms with Crippen molar-refractivity contribution in [1.82, 2.24) is 14.9 Å². The van der Waals surface area contributed by atoms with Gasteiger partial charge in [-0.1, -0.05) is 0 Å². The fourth-order valence-corrected chi connectivity index (χ4v) is 2.24. The zero-order valence-electron chi connectivity index (χ0n) is 11.5. The minimum absolute atomic E-state index is 0.143. The summed E-state index contributed by atoms with van der Waals surface area (Å²) in [6.07, 6.45) is 4.92. The Morgan fingerprint density at radius 3 is 2.63 bits per heavy atom. The van der Waals surface area contributed by atoms with Crippen molar-refractivity contribution < 1.29 is 4.79 Å². The fourth-order valence-electron chi connectivity index (χ4n) is 2.24. The number of rotatable bonds is 4. The maximum Gasteiger partial charge on any atom is 0.244 e. The lowest BCUT2D eigenvalue weighted by atomic mass is 10.1. The number of hydrogen-bond acceptors (Lipinski definition) is 5. The number of likely N-dealkylation sites (tertiary alicyclic amines) is 1. The van der Waals surface area contributed by atoms with Crippen molar-refractivity contribution in [1.29, 1.82) is 0 Å². The summed E-state index contributed by atoms with van der Waals surface area (Å²) in [4.78, 5) is 22.4. The van der Waals surface area contributed by atoms with E-state index in [1.54, 1.807) is 13.1 Å². The molecule has 1 aliphatic heterocycles. The molecule has 2 N–H and O–H groups in total. The van der Waals surface area contributed by atoms with Crippen molar-refractivity contribution in [2.24, 2.45) is 0 Å². The zero-order chi connectivity index (χ0) is 13.7. The van der Waals surface area contributed by atoms with E-state index in [9.17, 15) is 4.79 Å². The number of carbonyl (C=O) groups is 1. The van der Waals surface area contributed by atoms with Gasteiger partial charge in [-0.15, -0.1) is 0 Å². The normalized spacial score (nSPS) is 16.8. The van der Waals surface area contributed by atoms with Crippen molar-refractivity contribution in [3.8, 4) is 0 Å². The highest BCUT2D eigenvalue weighted by Crippen LogP contribution is 2.13. The van der Waals surface area contributed by atoms with E-state index in [1.807, 2.05) is 11.8 Å². The summed E-state index contributed by atoms with van der Waals surface area (Å²) in [6.45, 7) is 3.62. The summed E-state index contributed by atoms with van der Waals surface area (Å²) in [5.74, 6) is 1.54. The Bertz CT molecular complexity index is 431. The quantitative estimate of drug-likeness (QED) is 0.857. The summed E-state index contributed by atoms with van der Waals surface area (Å²) in [5, 5.41) is 6.08. The predicted octanol–water partition coefficient (Wildman–Crippen LogP) is 1.33. The molecule has 0 radical (unpaired) electrons. The van der Waals surface area contributed by atoms with Gasteiger partial charge in [0.1, 0.15) is 24.0 Å². The van der Waals surface area contributed by atoms with Gasteiger partial charge in [-0.25, -0.2) is 9.97 Å². The van der Waals surface area contributed by atoms with Gasteiger partial charge < -0.3 is 15.5 Å². The lowest BCUT2D eigenvalue weighted by molar-refractivity contribution is -0.132. The van der Waals surface area contributed by atoms with Gasteiger partial charge in [0.15, 0.2) is 0 Å². The van der Waals surface area contributed by atoms with Gasteiger partial charge in [-0.05, 0) is 26.2 Å². The molecule has 1 unspecified atom stereocenters. The molecule has 1 aromatic heterocycles. The largest absolute Gasteiger partial charge is 0.373 e. The maximum absolute atomic E-state index is 12.3. The molecule has 6 heteroatoms. The SMILES string of the molecule is CNc1cc(NC(C)C(=O)N2CCCCC2)ncn1. The number of anilines is 2. The monoisotopic (exact) mass is 263 g/mol. The average molecular weight is 263 g/mol. The van der Waals surface area contributed by atoms with Crippen LogP contribution in [0.15, 0.2) is 12.4 Å². The van der Waals surface area contributed by atoms with E-state index in [0.29, 0.717) is 5.82 Å². The molecule has 104 valence electrons. The minimum atomic E-state index is -0.266. The second-order valence-corrected chi connectivity index (χ2v) is 4.79. The van der Waals surface area contributed by atoms with Crippen LogP contribution in [0.5, 0.6) is 0 Å². The van der Waals surface area contributed by atoms with Gasteiger partial charge in [0.05, 0.1) is 0 Å². The maximum atomic E-state index is 12.3. The predicted molar refractivity (Wildman–Crippen MR) is 75.1 cm³/mol. The van der Waals surface area contributed by atoms with Crippen LogP contribution in [-0.2, 0) is 4.79 Å². The van der Waals surface area contributed by atoms with Gasteiger partial charge in [0.2, 0.25) is 5.91 Å². The van der Waals surface area contributed by atoms with Crippen molar-refractivity contribution in [3.05, 3.63) is 12.4 Å². The third kappa shape index (κ3) is 3.56. The third-order valence-electron chi connectivity index (χ3n) is 3.33. The highest BCUT2D eigenvalue weighted by atomic mass is 16.2. The summed E-state index contributed by atoms with van der Waals surface area (Å²) in [5.41, 5.74) is 0. The van der Waals surface area contributed by atoms with Crippen LogP contribution in [0.25, 0.3) is 0 Å². The van der Waals surface area contributed by atoms with E-state index in [0.717, 1.165) is 31.7 Å². The molecule has 2 heterocycles. The van der Waals surface area contributed by atoms with Gasteiger partial charge in [-0.3, -0.25) is 4.79 Å². The Morgan fingerprint density at radius 2 is 1.95 bits per heavy atom. The first kappa shape index (κ1) is 13.6. The molecule has 2 rings (SSSR count). The summed E-state index contributed by atoms with van der Waals surface area (Å²) < 4.78 is 0. The molecule has 1 amide bonds. The van der Waals surface area contributed by atoms with Crippen LogP contribution in [0.4, 0.5) is 11.6 Å². The Balaban J connectivity index is 1.95. The van der Waals surface area contributed by atoms with Crippen molar-refractivity contribution >= 4 is 17.5 Å². The number of carbonyl (C=O) groups excluding carboxylic acids is 1. The molecule has 6 nitrogen and oxygen atoms in total. The van der Waals surface area contributed by atoms with Crippen LogP contribution >= 0.6 is 0 Å². The smallest absolute Gasteiger partial charge is 0.244 e. The first-order chi connectivity index (χ1) is 9.20. The Morgan fingerprint density at radius 1 is 1.26 bits per heavy atom. The van der Waals surface area contributed by atoms with Crippen molar-refractivity contribution in [2.75, 3.05) is 30.8 Å². The van der Waals surface area contributed by atoms with E-state index in [4.69, 9.17) is 0 Å². The fraction of sp³-hybridized carbons (Fsp3) is 0.615. The van der Waals surface area contributed by atoms with E-state index < -0.39 is 0 Å². The van der Waals surface area contributed by atoms with Crippen molar-refractivity contribution in [3.63, 3.8) is 0 Å². The molecule has 1 aliphatic rings. The molecular weight excluding hydrogens is 242 g/mol. The van der Waals surface area contributed by atoms with E-state index >= 15 is 0 Å². The number of aromatic nitrogens is 2.